The molecule has 3 rings (SSSR count). The largest absolute Gasteiger partial charge is 0.353 e. The second-order valence-electron chi connectivity index (χ2n) is 7.67. The molecule has 0 aliphatic carbocycles. The fraction of sp³-hybridized carbons (Fsp3) is 0.550. The fourth-order valence-corrected chi connectivity index (χ4v) is 3.52. The van der Waals surface area contributed by atoms with Crippen LogP contribution in [-0.4, -0.2) is 70.9 Å². The molecule has 2 aromatic rings. The lowest BCUT2D eigenvalue weighted by Crippen LogP contribution is -2.57. The van der Waals surface area contributed by atoms with Crippen molar-refractivity contribution in [3.8, 4) is 0 Å². The number of amides is 2. The summed E-state index contributed by atoms with van der Waals surface area (Å²) in [5.74, 6) is 1.27. The first-order valence-corrected chi connectivity index (χ1v) is 9.63. The van der Waals surface area contributed by atoms with Crippen molar-refractivity contribution >= 4 is 22.8 Å². The topological polar surface area (TPSA) is 81.3 Å². The van der Waals surface area contributed by atoms with Crippen molar-refractivity contribution in [2.75, 3.05) is 33.2 Å². The number of benzene rings is 1. The number of para-hydroxylation sites is 2. The first kappa shape index (κ1) is 19.4. The lowest BCUT2D eigenvalue weighted by molar-refractivity contribution is -0.138. The predicted molar refractivity (Wildman–Crippen MR) is 105 cm³/mol. The summed E-state index contributed by atoms with van der Waals surface area (Å²) in [6.07, 6.45) is 0.874. The standard InChI is InChI=1S/C20H29N5O2/c1-14(2)13-25-11-9-21-20(27)17(25)12-19(26)24(3)10-8-18-22-15-6-4-5-7-16(15)23-18/h4-7,14,17H,8-13H2,1-3H3,(H,21,27)(H,22,23). The number of nitrogens with zero attached hydrogens (tertiary/aromatic N) is 3. The highest BCUT2D eigenvalue weighted by atomic mass is 16.2. The van der Waals surface area contributed by atoms with E-state index < -0.39 is 0 Å². The summed E-state index contributed by atoms with van der Waals surface area (Å²) in [7, 11) is 1.79. The van der Waals surface area contributed by atoms with Crippen LogP contribution in [0.4, 0.5) is 0 Å². The average molecular weight is 371 g/mol. The van der Waals surface area contributed by atoms with Gasteiger partial charge >= 0.3 is 0 Å². The summed E-state index contributed by atoms with van der Waals surface area (Å²) in [6, 6.07) is 7.52. The number of carbonyl (C=O) groups is 2. The zero-order valence-electron chi connectivity index (χ0n) is 16.4. The van der Waals surface area contributed by atoms with E-state index in [4.69, 9.17) is 0 Å². The molecule has 146 valence electrons. The molecule has 1 aliphatic rings. The normalized spacial score (nSPS) is 18.1. The van der Waals surface area contributed by atoms with E-state index >= 15 is 0 Å². The Morgan fingerprint density at radius 2 is 2.15 bits per heavy atom. The van der Waals surface area contributed by atoms with Crippen LogP contribution in [0.15, 0.2) is 24.3 Å². The van der Waals surface area contributed by atoms with Crippen LogP contribution < -0.4 is 5.32 Å². The SMILES string of the molecule is CC(C)CN1CCNC(=O)C1CC(=O)N(C)CCc1nc2ccccc2[nH]1. The number of fused-ring (bicyclic) bond motifs is 1. The van der Waals surface area contributed by atoms with E-state index in [1.165, 1.54) is 0 Å². The maximum atomic E-state index is 12.7. The van der Waals surface area contributed by atoms with Crippen molar-refractivity contribution in [2.24, 2.45) is 5.92 Å². The molecule has 1 aromatic heterocycles. The molecule has 2 N–H and O–H groups in total. The Balaban J connectivity index is 1.56. The molecule has 0 bridgehead atoms. The number of likely N-dealkylation sites (N-methyl/N-ethyl adjacent to an activating group) is 1. The monoisotopic (exact) mass is 371 g/mol. The molecule has 2 amide bonds. The van der Waals surface area contributed by atoms with Crippen LogP contribution in [0, 0.1) is 5.92 Å². The van der Waals surface area contributed by atoms with Gasteiger partial charge in [-0.25, -0.2) is 4.98 Å². The van der Waals surface area contributed by atoms with Crippen molar-refractivity contribution in [1.82, 2.24) is 25.1 Å². The highest BCUT2D eigenvalue weighted by Gasteiger charge is 2.32. The zero-order chi connectivity index (χ0) is 19.4. The quantitative estimate of drug-likeness (QED) is 0.771. The van der Waals surface area contributed by atoms with Crippen LogP contribution in [0.3, 0.4) is 0 Å². The highest BCUT2D eigenvalue weighted by molar-refractivity contribution is 5.88. The molecule has 1 unspecified atom stereocenters. The molecule has 1 atom stereocenters. The molecule has 0 radical (unpaired) electrons. The Morgan fingerprint density at radius 3 is 2.89 bits per heavy atom. The third kappa shape index (κ3) is 4.86. The Morgan fingerprint density at radius 1 is 1.37 bits per heavy atom. The van der Waals surface area contributed by atoms with Crippen molar-refractivity contribution < 1.29 is 9.59 Å². The summed E-state index contributed by atoms with van der Waals surface area (Å²) in [5, 5.41) is 2.89. The maximum absolute atomic E-state index is 12.7. The van der Waals surface area contributed by atoms with E-state index in [1.54, 1.807) is 11.9 Å². The summed E-state index contributed by atoms with van der Waals surface area (Å²) in [5.41, 5.74) is 1.94. The van der Waals surface area contributed by atoms with E-state index in [1.807, 2.05) is 24.3 Å². The molecular weight excluding hydrogens is 342 g/mol. The molecule has 1 aliphatic heterocycles. The van der Waals surface area contributed by atoms with Crippen LogP contribution in [0.2, 0.25) is 0 Å². The lowest BCUT2D eigenvalue weighted by Gasteiger charge is -2.36. The lowest BCUT2D eigenvalue weighted by atomic mass is 10.1. The Bertz CT molecular complexity index is 768. The van der Waals surface area contributed by atoms with Crippen LogP contribution in [0.25, 0.3) is 11.0 Å². The number of rotatable bonds is 7. The number of hydrogen-bond donors (Lipinski definition) is 2. The molecule has 7 nitrogen and oxygen atoms in total. The van der Waals surface area contributed by atoms with Crippen molar-refractivity contribution in [3.05, 3.63) is 30.1 Å². The van der Waals surface area contributed by atoms with Gasteiger partial charge in [0.05, 0.1) is 23.5 Å². The molecule has 2 heterocycles. The zero-order valence-corrected chi connectivity index (χ0v) is 16.4. The molecule has 0 saturated carbocycles. The average Bonchev–Trinajstić information content (AvgIpc) is 3.05. The molecule has 7 heteroatoms. The van der Waals surface area contributed by atoms with Gasteiger partial charge in [-0.3, -0.25) is 14.5 Å². The van der Waals surface area contributed by atoms with Gasteiger partial charge in [-0.15, -0.1) is 0 Å². The number of imidazole rings is 1. The maximum Gasteiger partial charge on any atom is 0.237 e. The molecule has 0 spiro atoms. The van der Waals surface area contributed by atoms with Crippen LogP contribution in [0.1, 0.15) is 26.1 Å². The number of carbonyl (C=O) groups excluding carboxylic acids is 2. The minimum atomic E-state index is -0.373. The second-order valence-corrected chi connectivity index (χ2v) is 7.67. The summed E-state index contributed by atoms with van der Waals surface area (Å²) >= 11 is 0. The smallest absolute Gasteiger partial charge is 0.237 e. The number of aromatic nitrogens is 2. The van der Waals surface area contributed by atoms with Gasteiger partial charge in [-0.1, -0.05) is 26.0 Å². The van der Waals surface area contributed by atoms with E-state index in [2.05, 4.69) is 34.0 Å². The van der Waals surface area contributed by atoms with Gasteiger partial charge in [-0.05, 0) is 18.1 Å². The van der Waals surface area contributed by atoms with Crippen LogP contribution in [-0.2, 0) is 16.0 Å². The first-order valence-electron chi connectivity index (χ1n) is 9.63. The number of H-pyrrole nitrogens is 1. The van der Waals surface area contributed by atoms with E-state index in [9.17, 15) is 9.59 Å². The third-order valence-corrected chi connectivity index (χ3v) is 4.96. The van der Waals surface area contributed by atoms with Gasteiger partial charge in [0, 0.05) is 39.6 Å². The molecule has 1 fully saturated rings. The summed E-state index contributed by atoms with van der Waals surface area (Å²) in [6.45, 7) is 7.10. The minimum absolute atomic E-state index is 0.0121. The summed E-state index contributed by atoms with van der Waals surface area (Å²) < 4.78 is 0. The molecular formula is C20H29N5O2. The molecule has 27 heavy (non-hydrogen) atoms. The Labute approximate surface area is 160 Å². The number of aromatic amines is 1. The van der Waals surface area contributed by atoms with Gasteiger partial charge < -0.3 is 15.2 Å². The van der Waals surface area contributed by atoms with Gasteiger partial charge in [0.2, 0.25) is 11.8 Å². The van der Waals surface area contributed by atoms with Gasteiger partial charge in [0.25, 0.3) is 0 Å². The molecule has 1 aromatic carbocycles. The van der Waals surface area contributed by atoms with E-state index in [-0.39, 0.29) is 24.3 Å². The van der Waals surface area contributed by atoms with E-state index in [0.717, 1.165) is 29.9 Å². The van der Waals surface area contributed by atoms with Crippen LogP contribution in [0.5, 0.6) is 0 Å². The first-order chi connectivity index (χ1) is 12.9. The predicted octanol–water partition coefficient (Wildman–Crippen LogP) is 1.41. The minimum Gasteiger partial charge on any atom is -0.353 e. The fourth-order valence-electron chi connectivity index (χ4n) is 3.52. The van der Waals surface area contributed by atoms with Gasteiger partial charge in [-0.2, -0.15) is 0 Å². The number of nitrogens with one attached hydrogen (secondary N) is 2. The van der Waals surface area contributed by atoms with Gasteiger partial charge in [0.1, 0.15) is 5.82 Å². The third-order valence-electron chi connectivity index (χ3n) is 4.96. The van der Waals surface area contributed by atoms with Crippen molar-refractivity contribution in [2.45, 2.75) is 32.7 Å². The Kier molecular flexibility index (Phi) is 6.11. The molecule has 1 saturated heterocycles. The van der Waals surface area contributed by atoms with Crippen molar-refractivity contribution in [1.29, 1.82) is 0 Å². The second kappa shape index (κ2) is 8.52. The number of hydrogen-bond acceptors (Lipinski definition) is 4. The van der Waals surface area contributed by atoms with Crippen molar-refractivity contribution in [3.63, 3.8) is 0 Å². The van der Waals surface area contributed by atoms with Gasteiger partial charge in [0.15, 0.2) is 0 Å². The summed E-state index contributed by atoms with van der Waals surface area (Å²) in [4.78, 5) is 36.6. The number of piperazine rings is 1. The van der Waals surface area contributed by atoms with E-state index in [0.29, 0.717) is 25.4 Å². The Hall–Kier alpha value is -2.41. The highest BCUT2D eigenvalue weighted by Crippen LogP contribution is 2.14. The van der Waals surface area contributed by atoms with Crippen LogP contribution >= 0.6 is 0 Å².